The van der Waals surface area contributed by atoms with Crippen molar-refractivity contribution in [1.82, 2.24) is 4.90 Å². The summed E-state index contributed by atoms with van der Waals surface area (Å²) in [4.78, 5) is 13.7. The van der Waals surface area contributed by atoms with Crippen LogP contribution in [0.15, 0.2) is 0 Å². The zero-order valence-corrected chi connectivity index (χ0v) is 11.3. The number of amides is 1. The summed E-state index contributed by atoms with van der Waals surface area (Å²) in [6.07, 6.45) is 3.06. The van der Waals surface area contributed by atoms with Gasteiger partial charge in [0.1, 0.15) is 0 Å². The van der Waals surface area contributed by atoms with Crippen molar-refractivity contribution in [2.75, 3.05) is 6.54 Å². The summed E-state index contributed by atoms with van der Waals surface area (Å²) in [6, 6.07) is -0.242. The molecule has 0 aromatic rings. The molecule has 0 spiro atoms. The first-order chi connectivity index (χ1) is 8.43. The monoisotopic (exact) mass is 259 g/mol. The Kier molecular flexibility index (Phi) is 3.93. The van der Waals surface area contributed by atoms with Crippen LogP contribution in [0.4, 0.5) is 8.78 Å². The number of alkyl halides is 2. The second kappa shape index (κ2) is 5.14. The second-order valence-electron chi connectivity index (χ2n) is 5.99. The number of hydrogen-bond acceptors (Lipinski definition) is 1. The van der Waals surface area contributed by atoms with Crippen molar-refractivity contribution in [2.45, 2.75) is 64.3 Å². The van der Waals surface area contributed by atoms with Crippen LogP contribution in [-0.2, 0) is 4.79 Å². The molecule has 2 fully saturated rings. The maximum Gasteiger partial charge on any atom is 0.250 e. The van der Waals surface area contributed by atoms with Crippen LogP contribution in [0.1, 0.15) is 52.4 Å². The fourth-order valence-corrected chi connectivity index (χ4v) is 3.31. The maximum absolute atomic E-state index is 13.9. The summed E-state index contributed by atoms with van der Waals surface area (Å²) in [7, 11) is 0. The van der Waals surface area contributed by atoms with Gasteiger partial charge in [0, 0.05) is 31.3 Å². The molecule has 3 unspecified atom stereocenters. The Labute approximate surface area is 108 Å². The first-order valence-corrected chi connectivity index (χ1v) is 7.11. The van der Waals surface area contributed by atoms with E-state index in [1.54, 1.807) is 4.90 Å². The summed E-state index contributed by atoms with van der Waals surface area (Å²) in [5.74, 6) is -2.40. The van der Waals surface area contributed by atoms with E-state index in [-0.39, 0.29) is 36.6 Å². The number of nitrogens with zero attached hydrogens (tertiary/aromatic N) is 1. The minimum Gasteiger partial charge on any atom is -0.339 e. The van der Waals surface area contributed by atoms with E-state index in [2.05, 4.69) is 0 Å². The number of rotatable bonds is 2. The third-order valence-corrected chi connectivity index (χ3v) is 4.56. The van der Waals surface area contributed by atoms with Crippen LogP contribution < -0.4 is 0 Å². The minimum atomic E-state index is -2.60. The van der Waals surface area contributed by atoms with Crippen LogP contribution in [0, 0.1) is 11.8 Å². The first-order valence-electron chi connectivity index (χ1n) is 7.11. The lowest BCUT2D eigenvalue weighted by atomic mass is 9.96. The molecule has 1 aliphatic carbocycles. The summed E-state index contributed by atoms with van der Waals surface area (Å²) < 4.78 is 27.8. The largest absolute Gasteiger partial charge is 0.339 e. The molecule has 0 aromatic heterocycles. The lowest BCUT2D eigenvalue weighted by Crippen LogP contribution is -2.40. The quantitative estimate of drug-likeness (QED) is 0.695. The van der Waals surface area contributed by atoms with Gasteiger partial charge in [-0.25, -0.2) is 8.78 Å². The van der Waals surface area contributed by atoms with Crippen LogP contribution in [0.2, 0.25) is 0 Å². The summed E-state index contributed by atoms with van der Waals surface area (Å²) in [6.45, 7) is 4.54. The van der Waals surface area contributed by atoms with Gasteiger partial charge in [-0.3, -0.25) is 4.79 Å². The molecule has 0 bridgehead atoms. The van der Waals surface area contributed by atoms with E-state index >= 15 is 0 Å². The highest BCUT2D eigenvalue weighted by atomic mass is 19.3. The molecule has 1 saturated carbocycles. The van der Waals surface area contributed by atoms with Gasteiger partial charge >= 0.3 is 0 Å². The van der Waals surface area contributed by atoms with E-state index in [1.807, 2.05) is 13.8 Å². The molecule has 0 N–H and O–H groups in total. The molecule has 0 radical (unpaired) electrons. The van der Waals surface area contributed by atoms with Gasteiger partial charge in [0.15, 0.2) is 0 Å². The number of hydrogen-bond donors (Lipinski definition) is 0. The highest BCUT2D eigenvalue weighted by molar-refractivity contribution is 5.80. The van der Waals surface area contributed by atoms with Crippen molar-refractivity contribution in [3.63, 3.8) is 0 Å². The Morgan fingerprint density at radius 2 is 2.00 bits per heavy atom. The number of likely N-dealkylation sites (tertiary alicyclic amines) is 1. The Balaban J connectivity index is 2.07. The van der Waals surface area contributed by atoms with Gasteiger partial charge in [-0.1, -0.05) is 20.3 Å². The smallest absolute Gasteiger partial charge is 0.250 e. The van der Waals surface area contributed by atoms with Crippen LogP contribution in [0.25, 0.3) is 0 Å². The Hall–Kier alpha value is -0.670. The van der Waals surface area contributed by atoms with Crippen molar-refractivity contribution in [3.05, 3.63) is 0 Å². The molecule has 1 amide bonds. The van der Waals surface area contributed by atoms with E-state index in [1.165, 1.54) is 0 Å². The molecule has 1 heterocycles. The standard InChI is InChI=1S/C14H23F2NO/c1-3-11-4-5-12(9-14(15,16)8-11)17-7-6-10(2)13(17)18/h10-12H,3-9H2,1-2H3. The molecule has 18 heavy (non-hydrogen) atoms. The lowest BCUT2D eigenvalue weighted by molar-refractivity contribution is -0.134. The van der Waals surface area contributed by atoms with E-state index < -0.39 is 5.92 Å². The molecule has 1 saturated heterocycles. The van der Waals surface area contributed by atoms with Gasteiger partial charge < -0.3 is 4.90 Å². The fraction of sp³-hybridized carbons (Fsp3) is 0.929. The summed E-state index contributed by atoms with van der Waals surface area (Å²) in [5.41, 5.74) is 0. The zero-order chi connectivity index (χ0) is 13.3. The Morgan fingerprint density at radius 3 is 2.56 bits per heavy atom. The normalized spacial score (nSPS) is 36.8. The van der Waals surface area contributed by atoms with Gasteiger partial charge in [-0.2, -0.15) is 0 Å². The van der Waals surface area contributed by atoms with E-state index in [9.17, 15) is 13.6 Å². The van der Waals surface area contributed by atoms with E-state index in [0.717, 1.165) is 25.7 Å². The van der Waals surface area contributed by atoms with E-state index in [4.69, 9.17) is 0 Å². The highest BCUT2D eigenvalue weighted by Gasteiger charge is 2.42. The predicted molar refractivity (Wildman–Crippen MR) is 66.5 cm³/mol. The predicted octanol–water partition coefficient (Wildman–Crippen LogP) is 3.46. The maximum atomic E-state index is 13.9. The van der Waals surface area contributed by atoms with Gasteiger partial charge in [-0.05, 0) is 25.2 Å². The molecule has 2 rings (SSSR count). The number of carbonyl (C=O) groups is 1. The minimum absolute atomic E-state index is 0.00240. The number of carbonyl (C=O) groups excluding carboxylic acids is 1. The van der Waals surface area contributed by atoms with Crippen molar-refractivity contribution >= 4 is 5.91 Å². The van der Waals surface area contributed by atoms with Gasteiger partial charge in [-0.15, -0.1) is 0 Å². The van der Waals surface area contributed by atoms with Crippen LogP contribution in [-0.4, -0.2) is 29.3 Å². The van der Waals surface area contributed by atoms with Gasteiger partial charge in [0.2, 0.25) is 11.8 Å². The van der Waals surface area contributed by atoms with Crippen molar-refractivity contribution in [3.8, 4) is 0 Å². The average molecular weight is 259 g/mol. The van der Waals surface area contributed by atoms with E-state index in [0.29, 0.717) is 6.54 Å². The molecule has 1 aliphatic heterocycles. The van der Waals surface area contributed by atoms with Gasteiger partial charge in [0.25, 0.3) is 0 Å². The molecule has 4 heteroatoms. The van der Waals surface area contributed by atoms with Crippen LogP contribution >= 0.6 is 0 Å². The number of halogens is 2. The first kappa shape index (κ1) is 13.8. The summed E-state index contributed by atoms with van der Waals surface area (Å²) >= 11 is 0. The average Bonchev–Trinajstić information content (AvgIpc) is 2.55. The molecular weight excluding hydrogens is 236 g/mol. The molecule has 3 atom stereocenters. The summed E-state index contributed by atoms with van der Waals surface area (Å²) in [5, 5.41) is 0. The molecule has 2 aliphatic rings. The fourth-order valence-electron chi connectivity index (χ4n) is 3.31. The Bertz CT molecular complexity index is 319. The molecule has 104 valence electrons. The molecule has 2 nitrogen and oxygen atoms in total. The van der Waals surface area contributed by atoms with Crippen LogP contribution in [0.3, 0.4) is 0 Å². The third kappa shape index (κ3) is 2.83. The third-order valence-electron chi connectivity index (χ3n) is 4.56. The molecular formula is C14H23F2NO. The van der Waals surface area contributed by atoms with Gasteiger partial charge in [0.05, 0.1) is 0 Å². The van der Waals surface area contributed by atoms with Crippen molar-refractivity contribution in [1.29, 1.82) is 0 Å². The zero-order valence-electron chi connectivity index (χ0n) is 11.3. The van der Waals surface area contributed by atoms with Crippen LogP contribution in [0.5, 0.6) is 0 Å². The highest BCUT2D eigenvalue weighted by Crippen LogP contribution is 2.39. The Morgan fingerprint density at radius 1 is 1.28 bits per heavy atom. The van der Waals surface area contributed by atoms with Crippen molar-refractivity contribution in [2.24, 2.45) is 11.8 Å². The second-order valence-corrected chi connectivity index (χ2v) is 5.99. The SMILES string of the molecule is CCC1CCC(N2CCC(C)C2=O)CC(F)(F)C1. The molecule has 0 aromatic carbocycles. The van der Waals surface area contributed by atoms with Crippen molar-refractivity contribution < 1.29 is 13.6 Å². The topological polar surface area (TPSA) is 20.3 Å². The lowest BCUT2D eigenvalue weighted by Gasteiger charge is -2.29.